The maximum absolute atomic E-state index is 13.1. The molecular weight excluding hydrogens is 247 g/mol. The van der Waals surface area contributed by atoms with Crippen molar-refractivity contribution in [1.29, 1.82) is 0 Å². The highest BCUT2D eigenvalue weighted by atomic mass is 19.4. The topological polar surface area (TPSA) is 50.2 Å². The fourth-order valence-electron chi connectivity index (χ4n) is 2.35. The molecule has 0 saturated heterocycles. The van der Waals surface area contributed by atoms with Gasteiger partial charge in [-0.3, -0.25) is 9.78 Å². The molecule has 1 fully saturated rings. The number of nitrogens with zero attached hydrogens (tertiary/aromatic N) is 1. The summed E-state index contributed by atoms with van der Waals surface area (Å²) in [5.74, 6) is -2.27. The fourth-order valence-corrected chi connectivity index (χ4v) is 2.35. The van der Waals surface area contributed by atoms with Gasteiger partial charge in [0.2, 0.25) is 0 Å². The smallest absolute Gasteiger partial charge is 0.395 e. The first-order chi connectivity index (χ1) is 8.37. The minimum Gasteiger partial charge on any atom is -0.481 e. The summed E-state index contributed by atoms with van der Waals surface area (Å²) in [6.45, 7) is 0. The van der Waals surface area contributed by atoms with Crippen molar-refractivity contribution in [1.82, 2.24) is 4.98 Å². The molecule has 1 aliphatic carbocycles. The molecule has 2 rings (SSSR count). The molecule has 0 radical (unpaired) electrons. The molecule has 18 heavy (non-hydrogen) atoms. The summed E-state index contributed by atoms with van der Waals surface area (Å²) in [5, 5.41) is 8.81. The molecule has 6 heteroatoms. The Morgan fingerprint density at radius 3 is 2.56 bits per heavy atom. The van der Waals surface area contributed by atoms with Gasteiger partial charge in [-0.05, 0) is 24.5 Å². The Morgan fingerprint density at radius 1 is 1.50 bits per heavy atom. The first kappa shape index (κ1) is 12.9. The molecule has 0 amide bonds. The summed E-state index contributed by atoms with van der Waals surface area (Å²) in [5.41, 5.74) is -1.54. The third-order valence-corrected chi connectivity index (χ3v) is 3.49. The van der Waals surface area contributed by atoms with Gasteiger partial charge in [0.25, 0.3) is 0 Å². The van der Waals surface area contributed by atoms with Gasteiger partial charge >= 0.3 is 12.1 Å². The molecule has 1 aliphatic rings. The Labute approximate surface area is 102 Å². The zero-order valence-electron chi connectivity index (χ0n) is 9.44. The fraction of sp³-hybridized carbons (Fsp3) is 0.500. The number of alkyl halides is 3. The maximum atomic E-state index is 13.1. The van der Waals surface area contributed by atoms with Crippen LogP contribution in [0.15, 0.2) is 24.5 Å². The monoisotopic (exact) mass is 259 g/mol. The number of rotatable bonds is 4. The molecule has 0 spiro atoms. The number of carbonyl (C=O) groups is 1. The van der Waals surface area contributed by atoms with Crippen LogP contribution >= 0.6 is 0 Å². The molecule has 1 N–H and O–H groups in total. The van der Waals surface area contributed by atoms with Gasteiger partial charge in [-0.1, -0.05) is 6.07 Å². The lowest BCUT2D eigenvalue weighted by Gasteiger charge is -2.28. The molecule has 98 valence electrons. The average molecular weight is 259 g/mol. The Bertz CT molecular complexity index is 440. The minimum absolute atomic E-state index is 0.0106. The van der Waals surface area contributed by atoms with Crippen molar-refractivity contribution < 1.29 is 23.1 Å². The van der Waals surface area contributed by atoms with Gasteiger partial charge < -0.3 is 5.11 Å². The van der Waals surface area contributed by atoms with E-state index in [0.717, 1.165) is 0 Å². The van der Waals surface area contributed by atoms with Crippen LogP contribution in [0, 0.1) is 5.41 Å². The quantitative estimate of drug-likeness (QED) is 0.904. The number of carboxylic acids is 1. The molecule has 1 heterocycles. The van der Waals surface area contributed by atoms with Gasteiger partial charge in [-0.15, -0.1) is 0 Å². The van der Waals surface area contributed by atoms with Gasteiger partial charge in [0, 0.05) is 18.3 Å². The van der Waals surface area contributed by atoms with Crippen LogP contribution in [0.5, 0.6) is 0 Å². The first-order valence-electron chi connectivity index (χ1n) is 5.55. The first-order valence-corrected chi connectivity index (χ1v) is 5.55. The van der Waals surface area contributed by atoms with E-state index in [4.69, 9.17) is 5.11 Å². The van der Waals surface area contributed by atoms with E-state index in [1.807, 2.05) is 0 Å². The molecule has 1 atom stereocenters. The van der Waals surface area contributed by atoms with E-state index < -0.39 is 29.9 Å². The Balaban J connectivity index is 2.36. The van der Waals surface area contributed by atoms with E-state index in [9.17, 15) is 18.0 Å². The van der Waals surface area contributed by atoms with Crippen LogP contribution in [0.3, 0.4) is 0 Å². The molecule has 1 aromatic rings. The van der Waals surface area contributed by atoms with Crippen LogP contribution < -0.4 is 0 Å². The van der Waals surface area contributed by atoms with Gasteiger partial charge in [0.1, 0.15) is 0 Å². The van der Waals surface area contributed by atoms with Crippen molar-refractivity contribution in [2.75, 3.05) is 0 Å². The van der Waals surface area contributed by atoms with E-state index in [-0.39, 0.29) is 12.8 Å². The molecule has 1 saturated carbocycles. The van der Waals surface area contributed by atoms with E-state index in [0.29, 0.717) is 5.56 Å². The summed E-state index contributed by atoms with van der Waals surface area (Å²) in [6.07, 6.45) is -2.14. The number of carboxylic acid groups (broad SMARTS) is 1. The third-order valence-electron chi connectivity index (χ3n) is 3.49. The summed E-state index contributed by atoms with van der Waals surface area (Å²) in [6, 6.07) is 3.03. The highest BCUT2D eigenvalue weighted by Crippen LogP contribution is 2.66. The largest absolute Gasteiger partial charge is 0.481 e. The summed E-state index contributed by atoms with van der Waals surface area (Å²) in [4.78, 5) is 14.6. The van der Waals surface area contributed by atoms with Crippen LogP contribution in [-0.4, -0.2) is 22.2 Å². The van der Waals surface area contributed by atoms with Crippen molar-refractivity contribution in [2.24, 2.45) is 5.41 Å². The van der Waals surface area contributed by atoms with Crippen molar-refractivity contribution in [3.63, 3.8) is 0 Å². The average Bonchev–Trinajstić information content (AvgIpc) is 3.07. The van der Waals surface area contributed by atoms with Crippen LogP contribution in [-0.2, 0) is 4.79 Å². The predicted octanol–water partition coefficient (Wildman–Crippen LogP) is 2.98. The zero-order chi connectivity index (χ0) is 13.4. The van der Waals surface area contributed by atoms with Crippen molar-refractivity contribution in [3.05, 3.63) is 30.1 Å². The molecule has 0 aliphatic heterocycles. The van der Waals surface area contributed by atoms with Crippen LogP contribution in [0.2, 0.25) is 0 Å². The molecule has 1 aromatic heterocycles. The molecular formula is C12H12F3NO2. The van der Waals surface area contributed by atoms with Gasteiger partial charge in [-0.25, -0.2) is 0 Å². The molecule has 0 aromatic carbocycles. The summed E-state index contributed by atoms with van der Waals surface area (Å²) >= 11 is 0. The number of hydrogen-bond donors (Lipinski definition) is 1. The minimum atomic E-state index is -4.37. The second kappa shape index (κ2) is 4.26. The lowest BCUT2D eigenvalue weighted by molar-refractivity contribution is -0.195. The predicted molar refractivity (Wildman–Crippen MR) is 57.0 cm³/mol. The van der Waals surface area contributed by atoms with E-state index in [1.54, 1.807) is 0 Å². The second-order valence-electron chi connectivity index (χ2n) is 4.59. The van der Waals surface area contributed by atoms with E-state index in [1.165, 1.54) is 24.5 Å². The SMILES string of the molecule is O=C(O)CC(c1cccnc1)C1(C(F)(F)F)CC1. The Morgan fingerprint density at radius 2 is 2.17 bits per heavy atom. The van der Waals surface area contributed by atoms with Crippen LogP contribution in [0.4, 0.5) is 13.2 Å². The van der Waals surface area contributed by atoms with Crippen molar-refractivity contribution in [3.8, 4) is 0 Å². The normalized spacial score (nSPS) is 19.3. The molecule has 3 nitrogen and oxygen atoms in total. The number of halogens is 3. The van der Waals surface area contributed by atoms with Gasteiger partial charge in [0.05, 0.1) is 11.8 Å². The molecule has 0 bridgehead atoms. The number of hydrogen-bond acceptors (Lipinski definition) is 2. The third kappa shape index (κ3) is 2.19. The number of pyridine rings is 1. The highest BCUT2D eigenvalue weighted by molar-refractivity contribution is 5.68. The lowest BCUT2D eigenvalue weighted by atomic mass is 9.81. The summed E-state index contributed by atoms with van der Waals surface area (Å²) in [7, 11) is 0. The molecule has 1 unspecified atom stereocenters. The van der Waals surface area contributed by atoms with Gasteiger partial charge in [-0.2, -0.15) is 13.2 Å². The number of aromatic nitrogens is 1. The van der Waals surface area contributed by atoms with Crippen molar-refractivity contribution >= 4 is 5.97 Å². The van der Waals surface area contributed by atoms with E-state index >= 15 is 0 Å². The van der Waals surface area contributed by atoms with E-state index in [2.05, 4.69) is 4.98 Å². The van der Waals surface area contributed by atoms with Crippen LogP contribution in [0.1, 0.15) is 30.7 Å². The Kier molecular flexibility index (Phi) is 3.04. The zero-order valence-corrected chi connectivity index (χ0v) is 9.44. The maximum Gasteiger partial charge on any atom is 0.395 e. The Hall–Kier alpha value is -1.59. The standard InChI is InChI=1S/C12H12F3NO2/c13-12(14,15)11(3-4-11)9(6-10(17)18)8-2-1-5-16-7-8/h1-2,5,7,9H,3-4,6H2,(H,17,18). The second-order valence-corrected chi connectivity index (χ2v) is 4.59. The summed E-state index contributed by atoms with van der Waals surface area (Å²) < 4.78 is 39.2. The van der Waals surface area contributed by atoms with Gasteiger partial charge in [0.15, 0.2) is 0 Å². The highest BCUT2D eigenvalue weighted by Gasteiger charge is 2.67. The van der Waals surface area contributed by atoms with Crippen molar-refractivity contribution in [2.45, 2.75) is 31.4 Å². The van der Waals surface area contributed by atoms with Crippen LogP contribution in [0.25, 0.3) is 0 Å². The lowest BCUT2D eigenvalue weighted by Crippen LogP contribution is -2.32. The number of aliphatic carboxylic acids is 1.